The molecule has 0 aromatic heterocycles. The maximum Gasteiger partial charge on any atom is 0.283 e. The highest BCUT2D eigenvalue weighted by Crippen LogP contribution is 2.29. The van der Waals surface area contributed by atoms with E-state index in [4.69, 9.17) is 5.41 Å². The topological polar surface area (TPSA) is 68.9 Å². The highest BCUT2D eigenvalue weighted by Gasteiger charge is 2.35. The molecule has 0 aliphatic carbocycles. The van der Waals surface area contributed by atoms with E-state index in [0.29, 0.717) is 5.17 Å². The molecule has 0 unspecified atom stereocenters. The lowest BCUT2D eigenvalue weighted by Crippen LogP contribution is -2.35. The molecule has 1 aromatic rings. The molecule has 0 bridgehead atoms. The third-order valence-corrected chi connectivity index (χ3v) is 4.32. The van der Waals surface area contributed by atoms with Crippen molar-refractivity contribution in [1.29, 1.82) is 5.41 Å². The van der Waals surface area contributed by atoms with E-state index in [2.05, 4.69) is 17.0 Å². The minimum atomic E-state index is -0.378. The fraction of sp³-hybridized carbons (Fsp3) is 0.250. The molecular formula is C16H16N4OS. The van der Waals surface area contributed by atoms with Crippen LogP contribution in [0.25, 0.3) is 6.08 Å². The van der Waals surface area contributed by atoms with Crippen LogP contribution in [-0.2, 0) is 4.79 Å². The molecule has 0 radical (unpaired) electrons. The fourth-order valence-electron chi connectivity index (χ4n) is 2.18. The zero-order valence-corrected chi connectivity index (χ0v) is 13.3. The Hall–Kier alpha value is -2.21. The maximum absolute atomic E-state index is 12.2. The number of aryl methyl sites for hydroxylation is 1. The van der Waals surface area contributed by atoms with Crippen molar-refractivity contribution in [3.8, 4) is 0 Å². The van der Waals surface area contributed by atoms with E-state index in [1.807, 2.05) is 31.2 Å². The van der Waals surface area contributed by atoms with Crippen LogP contribution in [0.2, 0.25) is 0 Å². The summed E-state index contributed by atoms with van der Waals surface area (Å²) in [7, 11) is 0. The number of thioether (sulfide) groups is 1. The lowest BCUT2D eigenvalue weighted by molar-refractivity contribution is -0.114. The van der Waals surface area contributed by atoms with Gasteiger partial charge in [-0.3, -0.25) is 10.2 Å². The summed E-state index contributed by atoms with van der Waals surface area (Å²) in [5.74, 6) is -0.286. The minimum Gasteiger partial charge on any atom is -0.282 e. The van der Waals surface area contributed by atoms with E-state index < -0.39 is 0 Å². The summed E-state index contributed by atoms with van der Waals surface area (Å²) in [6.45, 7) is 4.08. The second kappa shape index (κ2) is 5.88. The molecule has 6 heteroatoms. The molecular weight excluding hydrogens is 296 g/mol. The predicted octanol–water partition coefficient (Wildman–Crippen LogP) is 3.41. The first-order valence-electron chi connectivity index (χ1n) is 7.14. The summed E-state index contributed by atoms with van der Waals surface area (Å²) in [6, 6.07) is 7.79. The highest BCUT2D eigenvalue weighted by atomic mass is 32.2. The van der Waals surface area contributed by atoms with Gasteiger partial charge < -0.3 is 0 Å². The zero-order valence-electron chi connectivity index (χ0n) is 12.5. The molecule has 2 heterocycles. The maximum atomic E-state index is 12.2. The van der Waals surface area contributed by atoms with Crippen molar-refractivity contribution in [2.45, 2.75) is 26.7 Å². The molecule has 1 amide bonds. The van der Waals surface area contributed by atoms with Gasteiger partial charge in [-0.05, 0) is 43.2 Å². The SMILES string of the molecule is CCCC1=NN2C(=N)C(=Cc3ccc(C)cc3)C(=O)N=C2S1. The Morgan fingerprint density at radius 2 is 2.05 bits per heavy atom. The molecule has 2 aliphatic heterocycles. The number of amides is 1. The van der Waals surface area contributed by atoms with Crippen molar-refractivity contribution < 1.29 is 4.79 Å². The molecule has 0 saturated heterocycles. The number of nitrogens with zero attached hydrogens (tertiary/aromatic N) is 3. The molecule has 2 aliphatic rings. The molecule has 112 valence electrons. The van der Waals surface area contributed by atoms with E-state index >= 15 is 0 Å². The molecule has 5 nitrogen and oxygen atoms in total. The van der Waals surface area contributed by atoms with Crippen molar-refractivity contribution in [3.05, 3.63) is 41.0 Å². The van der Waals surface area contributed by atoms with Gasteiger partial charge in [0.1, 0.15) is 5.04 Å². The summed E-state index contributed by atoms with van der Waals surface area (Å²) in [6.07, 6.45) is 3.50. The Kier molecular flexibility index (Phi) is 3.94. The minimum absolute atomic E-state index is 0.0918. The number of carbonyl (C=O) groups excluding carboxylic acids is 1. The van der Waals surface area contributed by atoms with Gasteiger partial charge in [-0.15, -0.1) is 0 Å². The number of hydrogen-bond acceptors (Lipinski definition) is 4. The molecule has 0 saturated carbocycles. The van der Waals surface area contributed by atoms with Crippen LogP contribution in [0.15, 0.2) is 39.9 Å². The second-order valence-corrected chi connectivity index (χ2v) is 6.21. The Morgan fingerprint density at radius 3 is 2.73 bits per heavy atom. The van der Waals surface area contributed by atoms with Gasteiger partial charge in [0.15, 0.2) is 5.84 Å². The smallest absolute Gasteiger partial charge is 0.282 e. The monoisotopic (exact) mass is 312 g/mol. The summed E-state index contributed by atoms with van der Waals surface area (Å²) in [5.41, 5.74) is 2.30. The van der Waals surface area contributed by atoms with Gasteiger partial charge in [0.05, 0.1) is 5.57 Å². The first kappa shape index (κ1) is 14.7. The highest BCUT2D eigenvalue weighted by molar-refractivity contribution is 8.26. The van der Waals surface area contributed by atoms with Crippen LogP contribution >= 0.6 is 11.8 Å². The summed E-state index contributed by atoms with van der Waals surface area (Å²) < 4.78 is 0. The van der Waals surface area contributed by atoms with Crippen LogP contribution in [0.5, 0.6) is 0 Å². The van der Waals surface area contributed by atoms with Crippen LogP contribution in [0, 0.1) is 12.3 Å². The molecule has 0 atom stereocenters. The Labute approximate surface area is 133 Å². The van der Waals surface area contributed by atoms with Crippen LogP contribution in [0.3, 0.4) is 0 Å². The van der Waals surface area contributed by atoms with Crippen molar-refractivity contribution in [3.63, 3.8) is 0 Å². The van der Waals surface area contributed by atoms with Crippen molar-refractivity contribution in [2.75, 3.05) is 0 Å². The lowest BCUT2D eigenvalue weighted by atomic mass is 10.1. The molecule has 22 heavy (non-hydrogen) atoms. The molecule has 3 rings (SSSR count). The normalized spacial score (nSPS) is 19.4. The predicted molar refractivity (Wildman–Crippen MR) is 91.1 cm³/mol. The number of amidine groups is 2. The molecule has 0 fully saturated rings. The van der Waals surface area contributed by atoms with Crippen LogP contribution in [0.1, 0.15) is 30.9 Å². The largest absolute Gasteiger partial charge is 0.283 e. The molecule has 1 N–H and O–H groups in total. The van der Waals surface area contributed by atoms with Gasteiger partial charge in [0.2, 0.25) is 5.17 Å². The zero-order chi connectivity index (χ0) is 15.7. The van der Waals surface area contributed by atoms with E-state index in [1.54, 1.807) is 6.08 Å². The van der Waals surface area contributed by atoms with Gasteiger partial charge in [0.25, 0.3) is 5.91 Å². The number of rotatable bonds is 3. The fourth-order valence-corrected chi connectivity index (χ4v) is 3.16. The molecule has 1 aromatic carbocycles. The van der Waals surface area contributed by atoms with E-state index in [9.17, 15) is 4.79 Å². The number of nitrogens with one attached hydrogen (secondary N) is 1. The number of carbonyl (C=O) groups is 1. The van der Waals surface area contributed by atoms with Gasteiger partial charge in [-0.1, -0.05) is 36.8 Å². The van der Waals surface area contributed by atoms with E-state index in [1.165, 1.54) is 16.8 Å². The first-order valence-corrected chi connectivity index (χ1v) is 7.96. The van der Waals surface area contributed by atoms with E-state index in [0.717, 1.165) is 29.0 Å². The Balaban J connectivity index is 1.93. The van der Waals surface area contributed by atoms with E-state index in [-0.39, 0.29) is 17.3 Å². The number of aliphatic imine (C=N–C) groups is 1. The summed E-state index contributed by atoms with van der Waals surface area (Å²) >= 11 is 1.37. The lowest BCUT2D eigenvalue weighted by Gasteiger charge is -2.20. The van der Waals surface area contributed by atoms with Gasteiger partial charge in [-0.25, -0.2) is 0 Å². The van der Waals surface area contributed by atoms with Crippen LogP contribution < -0.4 is 0 Å². The van der Waals surface area contributed by atoms with Gasteiger partial charge in [-0.2, -0.15) is 15.1 Å². The number of benzene rings is 1. The third kappa shape index (κ3) is 2.74. The number of hydrogen-bond donors (Lipinski definition) is 1. The Morgan fingerprint density at radius 1 is 1.32 bits per heavy atom. The first-order chi connectivity index (χ1) is 10.6. The number of fused-ring (bicyclic) bond motifs is 1. The summed E-state index contributed by atoms with van der Waals surface area (Å²) in [4.78, 5) is 16.3. The van der Waals surface area contributed by atoms with Crippen molar-refractivity contribution in [1.82, 2.24) is 5.01 Å². The Bertz CT molecular complexity index is 731. The van der Waals surface area contributed by atoms with Crippen molar-refractivity contribution >= 4 is 39.8 Å². The van der Waals surface area contributed by atoms with Crippen molar-refractivity contribution in [2.24, 2.45) is 10.1 Å². The average molecular weight is 312 g/mol. The third-order valence-electron chi connectivity index (χ3n) is 3.35. The quantitative estimate of drug-likeness (QED) is 0.870. The number of hydrazone groups is 1. The van der Waals surface area contributed by atoms with Gasteiger partial charge >= 0.3 is 0 Å². The summed E-state index contributed by atoms with van der Waals surface area (Å²) in [5, 5.41) is 15.5. The van der Waals surface area contributed by atoms with Crippen LogP contribution in [0.4, 0.5) is 0 Å². The second-order valence-electron chi connectivity index (χ2n) is 5.17. The molecule has 0 spiro atoms. The standard InChI is InChI=1S/C16H16N4OS/c1-3-4-13-19-20-14(17)12(15(21)18-16(20)22-13)9-11-7-5-10(2)6-8-11/h5-9,17H,3-4H2,1-2H3. The van der Waals surface area contributed by atoms with Crippen LogP contribution in [-0.4, -0.2) is 27.0 Å². The van der Waals surface area contributed by atoms with Gasteiger partial charge in [0, 0.05) is 0 Å². The average Bonchev–Trinajstić information content (AvgIpc) is 2.88.